The van der Waals surface area contributed by atoms with Crippen LogP contribution in [0.1, 0.15) is 45.2 Å². The summed E-state index contributed by atoms with van der Waals surface area (Å²) in [7, 11) is 1.69. The van der Waals surface area contributed by atoms with Gasteiger partial charge in [-0.1, -0.05) is 6.07 Å². The highest BCUT2D eigenvalue weighted by Crippen LogP contribution is 2.29. The number of benzene rings is 2. The molecule has 0 atom stereocenters. The molecule has 36 heavy (non-hydrogen) atoms. The van der Waals surface area contributed by atoms with Crippen LogP contribution in [0.3, 0.4) is 0 Å². The minimum Gasteiger partial charge on any atom is -0.496 e. The molecule has 0 aliphatic carbocycles. The van der Waals surface area contributed by atoms with Gasteiger partial charge in [0, 0.05) is 74.7 Å². The number of piperazine rings is 1. The quantitative estimate of drug-likeness (QED) is 0.532. The third-order valence-corrected chi connectivity index (χ3v) is 7.59. The number of nitrogens with two attached hydrogens (primary N) is 1. The lowest BCUT2D eigenvalue weighted by Crippen LogP contribution is -2.46. The van der Waals surface area contributed by atoms with Crippen LogP contribution in [0.5, 0.6) is 5.75 Å². The van der Waals surface area contributed by atoms with Crippen molar-refractivity contribution in [3.63, 3.8) is 0 Å². The molecule has 0 radical (unpaired) electrons. The molecule has 3 N–H and O–H groups in total. The predicted molar refractivity (Wildman–Crippen MR) is 141 cm³/mol. The summed E-state index contributed by atoms with van der Waals surface area (Å²) < 4.78 is 7.91. The zero-order chi connectivity index (χ0) is 25.1. The fourth-order valence-electron chi connectivity index (χ4n) is 5.48. The van der Waals surface area contributed by atoms with Gasteiger partial charge in [0.1, 0.15) is 5.75 Å². The number of methoxy groups -OCH3 is 1. The zero-order valence-corrected chi connectivity index (χ0v) is 20.9. The normalized spacial score (nSPS) is 17.4. The second-order valence-corrected chi connectivity index (χ2v) is 9.75. The molecule has 0 bridgehead atoms. The Labute approximate surface area is 212 Å². The van der Waals surface area contributed by atoms with Crippen LogP contribution in [0.15, 0.2) is 48.7 Å². The van der Waals surface area contributed by atoms with Crippen molar-refractivity contribution in [2.75, 3.05) is 52.9 Å². The molecule has 2 aliphatic heterocycles. The van der Waals surface area contributed by atoms with E-state index in [1.54, 1.807) is 13.2 Å². The molecule has 3 heterocycles. The Morgan fingerprint density at radius 2 is 1.75 bits per heavy atom. The standard InChI is InChI=1S/C28H35N5O3/c1-36-26-5-4-23(28(35)32-16-10-30-11-17-32)18-21(26)6-12-31-13-8-24(9-14-31)33-15-7-20-2-3-22(27(29)34)19-25(20)33/h2-5,7,15,18-19,24,30H,6,8-14,16-17H2,1H3,(H2,29,34). The summed E-state index contributed by atoms with van der Waals surface area (Å²) in [5.41, 5.74) is 8.93. The summed E-state index contributed by atoms with van der Waals surface area (Å²) >= 11 is 0. The van der Waals surface area contributed by atoms with E-state index < -0.39 is 5.91 Å². The molecular weight excluding hydrogens is 454 g/mol. The van der Waals surface area contributed by atoms with E-state index in [0.717, 1.165) is 92.9 Å². The van der Waals surface area contributed by atoms with E-state index in [9.17, 15) is 9.59 Å². The highest BCUT2D eigenvalue weighted by atomic mass is 16.5. The van der Waals surface area contributed by atoms with Gasteiger partial charge in [-0.15, -0.1) is 0 Å². The summed E-state index contributed by atoms with van der Waals surface area (Å²) in [5, 5.41) is 4.42. The number of piperidine rings is 1. The lowest BCUT2D eigenvalue weighted by atomic mass is 10.0. The van der Waals surface area contributed by atoms with E-state index in [-0.39, 0.29) is 5.91 Å². The Morgan fingerprint density at radius 3 is 2.47 bits per heavy atom. The molecule has 0 spiro atoms. The molecule has 8 heteroatoms. The summed E-state index contributed by atoms with van der Waals surface area (Å²) in [5.74, 6) is 0.541. The SMILES string of the molecule is COc1ccc(C(=O)N2CCNCC2)cc1CCN1CCC(n2ccc3ccc(C(N)=O)cc32)CC1. The van der Waals surface area contributed by atoms with E-state index in [2.05, 4.69) is 27.0 Å². The van der Waals surface area contributed by atoms with Crippen LogP contribution < -0.4 is 15.8 Å². The number of rotatable bonds is 7. The van der Waals surface area contributed by atoms with Gasteiger partial charge in [-0.05, 0) is 66.6 Å². The van der Waals surface area contributed by atoms with Crippen molar-refractivity contribution >= 4 is 22.7 Å². The number of likely N-dealkylation sites (tertiary alicyclic amines) is 1. The van der Waals surface area contributed by atoms with Crippen molar-refractivity contribution in [2.45, 2.75) is 25.3 Å². The number of hydrogen-bond acceptors (Lipinski definition) is 5. The molecule has 2 aromatic carbocycles. The average molecular weight is 490 g/mol. The van der Waals surface area contributed by atoms with Gasteiger partial charge in [0.15, 0.2) is 0 Å². The number of ether oxygens (including phenoxy) is 1. The number of amides is 2. The number of nitrogens with zero attached hydrogens (tertiary/aromatic N) is 3. The van der Waals surface area contributed by atoms with Gasteiger partial charge in [0.05, 0.1) is 7.11 Å². The first kappa shape index (κ1) is 24.3. The molecule has 1 aromatic heterocycles. The maximum Gasteiger partial charge on any atom is 0.253 e. The Morgan fingerprint density at radius 1 is 1.00 bits per heavy atom. The van der Waals surface area contributed by atoms with Crippen molar-refractivity contribution in [3.8, 4) is 5.75 Å². The lowest BCUT2D eigenvalue weighted by molar-refractivity contribution is 0.0735. The zero-order valence-electron chi connectivity index (χ0n) is 20.9. The molecular formula is C28H35N5O3. The Kier molecular flexibility index (Phi) is 7.25. The monoisotopic (exact) mass is 489 g/mol. The molecule has 190 valence electrons. The van der Waals surface area contributed by atoms with Gasteiger partial charge in [-0.25, -0.2) is 0 Å². The summed E-state index contributed by atoms with van der Waals surface area (Å²) in [6, 6.07) is 14.0. The molecule has 8 nitrogen and oxygen atoms in total. The van der Waals surface area contributed by atoms with E-state index in [1.165, 1.54) is 0 Å². The first-order valence-corrected chi connectivity index (χ1v) is 12.8. The van der Waals surface area contributed by atoms with Crippen molar-refractivity contribution in [1.29, 1.82) is 0 Å². The summed E-state index contributed by atoms with van der Waals surface area (Å²) in [4.78, 5) is 29.0. The molecule has 2 saturated heterocycles. The first-order chi connectivity index (χ1) is 17.5. The Bertz CT molecular complexity index is 1240. The van der Waals surface area contributed by atoms with Gasteiger partial charge in [0.2, 0.25) is 5.91 Å². The number of nitrogens with one attached hydrogen (secondary N) is 1. The molecule has 3 aromatic rings. The summed E-state index contributed by atoms with van der Waals surface area (Å²) in [6.07, 6.45) is 5.05. The first-order valence-electron chi connectivity index (χ1n) is 12.8. The van der Waals surface area contributed by atoms with Crippen LogP contribution in [0.4, 0.5) is 0 Å². The van der Waals surface area contributed by atoms with Gasteiger partial charge >= 0.3 is 0 Å². The lowest BCUT2D eigenvalue weighted by Gasteiger charge is -2.33. The molecule has 0 saturated carbocycles. The minimum atomic E-state index is -0.395. The van der Waals surface area contributed by atoms with E-state index >= 15 is 0 Å². The van der Waals surface area contributed by atoms with Crippen molar-refractivity contribution in [3.05, 3.63) is 65.4 Å². The predicted octanol–water partition coefficient (Wildman–Crippen LogP) is 2.67. The van der Waals surface area contributed by atoms with Crippen LogP contribution in [0, 0.1) is 0 Å². The second-order valence-electron chi connectivity index (χ2n) is 9.75. The Balaban J connectivity index is 1.21. The topological polar surface area (TPSA) is 92.8 Å². The fourth-order valence-corrected chi connectivity index (χ4v) is 5.48. The molecule has 2 aliphatic rings. The van der Waals surface area contributed by atoms with Crippen LogP contribution in [-0.2, 0) is 6.42 Å². The number of carbonyl (C=O) groups is 2. The number of primary amides is 1. The minimum absolute atomic E-state index is 0.0969. The number of carbonyl (C=O) groups excluding carboxylic acids is 2. The summed E-state index contributed by atoms with van der Waals surface area (Å²) in [6.45, 7) is 6.10. The highest BCUT2D eigenvalue weighted by Gasteiger charge is 2.23. The third kappa shape index (κ3) is 5.10. The van der Waals surface area contributed by atoms with E-state index in [4.69, 9.17) is 10.5 Å². The Hall–Kier alpha value is -3.36. The molecule has 5 rings (SSSR count). The maximum absolute atomic E-state index is 13.0. The highest BCUT2D eigenvalue weighted by molar-refractivity contribution is 5.97. The van der Waals surface area contributed by atoms with Gasteiger partial charge < -0.3 is 30.2 Å². The van der Waals surface area contributed by atoms with Crippen molar-refractivity contribution < 1.29 is 14.3 Å². The van der Waals surface area contributed by atoms with Crippen molar-refractivity contribution in [2.24, 2.45) is 5.73 Å². The second kappa shape index (κ2) is 10.7. The van der Waals surface area contributed by atoms with Gasteiger partial charge in [-0.3, -0.25) is 9.59 Å². The largest absolute Gasteiger partial charge is 0.496 e. The van der Waals surface area contributed by atoms with Crippen LogP contribution in [0.2, 0.25) is 0 Å². The molecule has 0 unspecified atom stereocenters. The van der Waals surface area contributed by atoms with Crippen LogP contribution >= 0.6 is 0 Å². The average Bonchev–Trinajstić information content (AvgIpc) is 3.35. The number of fused-ring (bicyclic) bond motifs is 1. The van der Waals surface area contributed by atoms with E-state index in [1.807, 2.05) is 35.2 Å². The molecule has 2 fully saturated rings. The number of hydrogen-bond donors (Lipinski definition) is 2. The third-order valence-electron chi connectivity index (χ3n) is 7.59. The number of aromatic nitrogens is 1. The van der Waals surface area contributed by atoms with Crippen LogP contribution in [0.25, 0.3) is 10.9 Å². The smallest absolute Gasteiger partial charge is 0.253 e. The van der Waals surface area contributed by atoms with E-state index in [0.29, 0.717) is 11.6 Å². The van der Waals surface area contributed by atoms with Crippen LogP contribution in [-0.4, -0.2) is 79.1 Å². The van der Waals surface area contributed by atoms with Crippen molar-refractivity contribution in [1.82, 2.24) is 19.7 Å². The fraction of sp³-hybridized carbons (Fsp3) is 0.429. The van der Waals surface area contributed by atoms with Gasteiger partial charge in [-0.2, -0.15) is 0 Å². The van der Waals surface area contributed by atoms with Gasteiger partial charge in [0.25, 0.3) is 5.91 Å². The maximum atomic E-state index is 13.0. The molecule has 2 amide bonds.